The van der Waals surface area contributed by atoms with Crippen LogP contribution in [0.25, 0.3) is 11.3 Å². The number of aromatic nitrogens is 2. The van der Waals surface area contributed by atoms with E-state index in [1.807, 2.05) is 74.5 Å². The van der Waals surface area contributed by atoms with Crippen LogP contribution in [0.4, 0.5) is 0 Å². The molecule has 1 amide bonds. The lowest BCUT2D eigenvalue weighted by Gasteiger charge is -2.27. The van der Waals surface area contributed by atoms with E-state index in [9.17, 15) is 9.90 Å². The van der Waals surface area contributed by atoms with Crippen LogP contribution in [-0.4, -0.2) is 33.2 Å². The summed E-state index contributed by atoms with van der Waals surface area (Å²) in [5.41, 5.74) is 5.83. The van der Waals surface area contributed by atoms with Gasteiger partial charge in [0.1, 0.15) is 22.9 Å². The Bertz CT molecular complexity index is 1400. The van der Waals surface area contributed by atoms with Crippen LogP contribution in [-0.2, 0) is 6.54 Å². The van der Waals surface area contributed by atoms with Gasteiger partial charge in [0.05, 0.1) is 13.2 Å². The minimum Gasteiger partial charge on any atom is -0.507 e. The molecule has 0 spiro atoms. The Morgan fingerprint density at radius 1 is 1.12 bits per heavy atom. The number of aromatic amines is 1. The van der Waals surface area contributed by atoms with E-state index in [2.05, 4.69) is 10.2 Å². The van der Waals surface area contributed by atoms with Crippen LogP contribution in [0.15, 0.2) is 60.7 Å². The van der Waals surface area contributed by atoms with Gasteiger partial charge in [0.2, 0.25) is 0 Å². The number of carbonyl (C=O) groups excluding carboxylic acids is 1. The molecule has 0 saturated carbocycles. The molecule has 0 saturated heterocycles. The molecule has 4 aromatic rings. The molecule has 2 heterocycles. The number of phenolic OH excluding ortho intramolecular Hbond substituents is 1. The molecule has 1 aliphatic rings. The number of amides is 1. The quantitative estimate of drug-likeness (QED) is 0.383. The first-order valence-electron chi connectivity index (χ1n) is 11.0. The average molecular weight is 474 g/mol. The first kappa shape index (κ1) is 22.0. The van der Waals surface area contributed by atoms with Crippen LogP contribution in [0.3, 0.4) is 0 Å². The molecular formula is C27H24ClN3O3. The lowest BCUT2D eigenvalue weighted by atomic mass is 9.94. The summed E-state index contributed by atoms with van der Waals surface area (Å²) in [5.74, 6) is 0.717. The van der Waals surface area contributed by atoms with Crippen LogP contribution in [0, 0.1) is 13.8 Å². The number of rotatable bonds is 5. The highest BCUT2D eigenvalue weighted by atomic mass is 35.5. The Kier molecular flexibility index (Phi) is 5.54. The molecule has 0 fully saturated rings. The number of nitrogens with one attached hydrogen (secondary N) is 1. The smallest absolute Gasteiger partial charge is 0.273 e. The van der Waals surface area contributed by atoms with Crippen LogP contribution < -0.4 is 4.74 Å². The van der Waals surface area contributed by atoms with E-state index in [0.29, 0.717) is 28.5 Å². The summed E-state index contributed by atoms with van der Waals surface area (Å²) in [6.45, 7) is 4.16. The molecule has 0 aliphatic carbocycles. The summed E-state index contributed by atoms with van der Waals surface area (Å²) < 4.78 is 5.33. The lowest BCUT2D eigenvalue weighted by molar-refractivity contribution is 0.0730. The van der Waals surface area contributed by atoms with E-state index < -0.39 is 6.04 Å². The summed E-state index contributed by atoms with van der Waals surface area (Å²) >= 11 is 6.44. The number of aryl methyl sites for hydroxylation is 2. The van der Waals surface area contributed by atoms with Crippen molar-refractivity contribution >= 4 is 17.5 Å². The number of methoxy groups -OCH3 is 1. The van der Waals surface area contributed by atoms with Gasteiger partial charge in [0, 0.05) is 22.7 Å². The van der Waals surface area contributed by atoms with E-state index in [-0.39, 0.29) is 11.7 Å². The van der Waals surface area contributed by atoms with Gasteiger partial charge in [-0.2, -0.15) is 5.10 Å². The number of nitrogens with zero attached hydrogens (tertiary/aromatic N) is 2. The maximum absolute atomic E-state index is 13.6. The molecule has 7 heteroatoms. The lowest BCUT2D eigenvalue weighted by Crippen LogP contribution is -2.29. The molecule has 3 aromatic carbocycles. The molecule has 1 aliphatic heterocycles. The van der Waals surface area contributed by atoms with Crippen LogP contribution in [0.5, 0.6) is 11.5 Å². The van der Waals surface area contributed by atoms with E-state index in [0.717, 1.165) is 33.6 Å². The first-order valence-corrected chi connectivity index (χ1v) is 11.3. The van der Waals surface area contributed by atoms with Gasteiger partial charge >= 0.3 is 0 Å². The fourth-order valence-corrected chi connectivity index (χ4v) is 4.84. The molecule has 1 unspecified atom stereocenters. The molecule has 5 rings (SSSR count). The van der Waals surface area contributed by atoms with Crippen LogP contribution in [0.1, 0.15) is 44.3 Å². The minimum absolute atomic E-state index is 0.158. The Balaban J connectivity index is 1.69. The second kappa shape index (κ2) is 8.54. The molecule has 2 N–H and O–H groups in total. The highest BCUT2D eigenvalue weighted by Gasteiger charge is 2.42. The average Bonchev–Trinajstić information content (AvgIpc) is 3.37. The van der Waals surface area contributed by atoms with Gasteiger partial charge in [-0.25, -0.2) is 0 Å². The Morgan fingerprint density at radius 3 is 2.56 bits per heavy atom. The van der Waals surface area contributed by atoms with Crippen molar-refractivity contribution in [3.63, 3.8) is 0 Å². The Hall–Kier alpha value is -3.77. The number of carbonyl (C=O) groups is 1. The molecule has 172 valence electrons. The summed E-state index contributed by atoms with van der Waals surface area (Å²) in [7, 11) is 1.62. The van der Waals surface area contributed by atoms with E-state index in [1.54, 1.807) is 12.0 Å². The van der Waals surface area contributed by atoms with Gasteiger partial charge in [0.15, 0.2) is 0 Å². The van der Waals surface area contributed by atoms with Gasteiger partial charge in [-0.15, -0.1) is 0 Å². The summed E-state index contributed by atoms with van der Waals surface area (Å²) in [4.78, 5) is 15.4. The number of benzene rings is 3. The maximum Gasteiger partial charge on any atom is 0.273 e. The third kappa shape index (κ3) is 3.60. The van der Waals surface area contributed by atoms with Gasteiger partial charge in [-0.3, -0.25) is 9.89 Å². The van der Waals surface area contributed by atoms with Crippen molar-refractivity contribution in [2.75, 3.05) is 7.11 Å². The van der Waals surface area contributed by atoms with Crippen molar-refractivity contribution in [1.29, 1.82) is 0 Å². The number of aromatic hydroxyl groups is 1. The molecule has 0 radical (unpaired) electrons. The fourth-order valence-electron chi connectivity index (χ4n) is 4.65. The summed E-state index contributed by atoms with van der Waals surface area (Å²) in [5, 5.41) is 18.9. The zero-order chi connectivity index (χ0) is 24.0. The van der Waals surface area contributed by atoms with E-state index >= 15 is 0 Å². The second-order valence-electron chi connectivity index (χ2n) is 8.54. The summed E-state index contributed by atoms with van der Waals surface area (Å²) in [6, 6.07) is 18.6. The minimum atomic E-state index is -0.418. The van der Waals surface area contributed by atoms with E-state index in [4.69, 9.17) is 16.3 Å². The van der Waals surface area contributed by atoms with Crippen molar-refractivity contribution in [2.45, 2.75) is 26.4 Å². The predicted molar refractivity (Wildman–Crippen MR) is 131 cm³/mol. The SMILES string of the molecule is COc1ccc(C2c3c(-c4cc(C)cc(C)c4O)n[nH]c3C(=O)N2Cc2ccccc2Cl)cc1. The number of phenols is 1. The number of fused-ring (bicyclic) bond motifs is 1. The largest absolute Gasteiger partial charge is 0.507 e. The molecular weight excluding hydrogens is 450 g/mol. The second-order valence-corrected chi connectivity index (χ2v) is 8.95. The number of hydrogen-bond donors (Lipinski definition) is 2. The highest BCUT2D eigenvalue weighted by molar-refractivity contribution is 6.31. The zero-order valence-electron chi connectivity index (χ0n) is 19.1. The fraction of sp³-hybridized carbons (Fsp3) is 0.185. The number of halogens is 1. The van der Waals surface area contributed by atoms with Crippen molar-refractivity contribution in [3.8, 4) is 22.8 Å². The number of hydrogen-bond acceptors (Lipinski definition) is 4. The molecule has 6 nitrogen and oxygen atoms in total. The Labute approximate surface area is 202 Å². The zero-order valence-corrected chi connectivity index (χ0v) is 19.8. The standard InChI is InChI=1S/C27H24ClN3O3/c1-15-12-16(2)26(32)20(13-15)23-22-24(30-29-23)27(33)31(14-18-6-4-5-7-21(18)28)25(22)17-8-10-19(34-3)11-9-17/h4-13,25,32H,14H2,1-3H3,(H,29,30). The van der Waals surface area contributed by atoms with Crippen molar-refractivity contribution in [1.82, 2.24) is 15.1 Å². The van der Waals surface area contributed by atoms with Crippen molar-refractivity contribution in [2.24, 2.45) is 0 Å². The van der Waals surface area contributed by atoms with Gasteiger partial charge in [-0.1, -0.05) is 48.0 Å². The molecule has 1 aromatic heterocycles. The summed E-state index contributed by atoms with van der Waals surface area (Å²) in [6.07, 6.45) is 0. The monoisotopic (exact) mass is 473 g/mol. The Morgan fingerprint density at radius 2 is 1.85 bits per heavy atom. The normalized spacial score (nSPS) is 15.0. The van der Waals surface area contributed by atoms with Crippen LogP contribution in [0.2, 0.25) is 5.02 Å². The van der Waals surface area contributed by atoms with Gasteiger partial charge in [-0.05, 0) is 60.4 Å². The van der Waals surface area contributed by atoms with Crippen molar-refractivity contribution < 1.29 is 14.6 Å². The van der Waals surface area contributed by atoms with Gasteiger partial charge in [0.25, 0.3) is 5.91 Å². The third-order valence-electron chi connectivity index (χ3n) is 6.29. The molecule has 0 bridgehead atoms. The maximum atomic E-state index is 13.6. The van der Waals surface area contributed by atoms with E-state index in [1.165, 1.54) is 0 Å². The van der Waals surface area contributed by atoms with Crippen molar-refractivity contribution in [3.05, 3.63) is 99.2 Å². The predicted octanol–water partition coefficient (Wildman–Crippen LogP) is 5.81. The third-order valence-corrected chi connectivity index (χ3v) is 6.66. The number of H-pyrrole nitrogens is 1. The van der Waals surface area contributed by atoms with Crippen LogP contribution >= 0.6 is 11.6 Å². The van der Waals surface area contributed by atoms with Gasteiger partial charge < -0.3 is 14.7 Å². The highest BCUT2D eigenvalue weighted by Crippen LogP contribution is 2.46. The topological polar surface area (TPSA) is 78.5 Å². The molecule has 1 atom stereocenters. The number of ether oxygens (including phenoxy) is 1. The first-order chi connectivity index (χ1) is 16.4. The molecule has 34 heavy (non-hydrogen) atoms.